The summed E-state index contributed by atoms with van der Waals surface area (Å²) in [7, 11) is 0. The highest BCUT2D eigenvalue weighted by Gasteiger charge is 2.26. The number of hydrogen-bond donors (Lipinski definition) is 1. The average molecular weight is 294 g/mol. The maximum Gasteiger partial charge on any atom is 0.161 e. The molecule has 2 heterocycles. The molecular formula is C15H16F2N2S. The first-order chi connectivity index (χ1) is 9.69. The lowest BCUT2D eigenvalue weighted by Gasteiger charge is -2.39. The van der Waals surface area contributed by atoms with E-state index in [2.05, 4.69) is 23.2 Å². The predicted octanol–water partition coefficient (Wildman–Crippen LogP) is 4.24. The van der Waals surface area contributed by atoms with Crippen molar-refractivity contribution in [3.8, 4) is 0 Å². The van der Waals surface area contributed by atoms with Crippen LogP contribution in [0, 0.1) is 11.6 Å². The molecule has 0 bridgehead atoms. The molecule has 2 nitrogen and oxygen atoms in total. The number of benzene rings is 1. The van der Waals surface area contributed by atoms with E-state index < -0.39 is 11.6 Å². The number of halogens is 2. The van der Waals surface area contributed by atoms with Gasteiger partial charge in [-0.2, -0.15) is 0 Å². The van der Waals surface area contributed by atoms with Crippen LogP contribution in [-0.4, -0.2) is 12.6 Å². The predicted molar refractivity (Wildman–Crippen MR) is 79.4 cm³/mol. The Morgan fingerprint density at radius 3 is 2.85 bits per heavy atom. The molecule has 20 heavy (non-hydrogen) atoms. The second kappa shape index (κ2) is 5.40. The standard InChI is InChI=1S/C15H16F2N2S/c1-2-10-8-18-14-6-12(16)13(17)7-15(14)19(10)9-11-4-3-5-20-11/h3-7,10,18H,2,8-9H2,1H3. The maximum absolute atomic E-state index is 13.6. The van der Waals surface area contributed by atoms with Crippen LogP contribution in [0.5, 0.6) is 0 Å². The van der Waals surface area contributed by atoms with Gasteiger partial charge in [-0.05, 0) is 17.9 Å². The van der Waals surface area contributed by atoms with Crippen molar-refractivity contribution in [2.45, 2.75) is 25.9 Å². The fourth-order valence-electron chi connectivity index (χ4n) is 2.60. The van der Waals surface area contributed by atoms with Gasteiger partial charge in [0.25, 0.3) is 0 Å². The second-order valence-corrected chi connectivity index (χ2v) is 5.97. The molecule has 5 heteroatoms. The number of anilines is 2. The Kier molecular flexibility index (Phi) is 3.61. The molecule has 1 aliphatic rings. The van der Waals surface area contributed by atoms with Crippen molar-refractivity contribution in [3.63, 3.8) is 0 Å². The minimum Gasteiger partial charge on any atom is -0.381 e. The van der Waals surface area contributed by atoms with Gasteiger partial charge < -0.3 is 10.2 Å². The summed E-state index contributed by atoms with van der Waals surface area (Å²) in [5.41, 5.74) is 1.42. The maximum atomic E-state index is 13.6. The molecular weight excluding hydrogens is 278 g/mol. The van der Waals surface area contributed by atoms with E-state index in [1.165, 1.54) is 17.0 Å². The first kappa shape index (κ1) is 13.4. The third kappa shape index (κ3) is 2.38. The third-order valence-corrected chi connectivity index (χ3v) is 4.56. The second-order valence-electron chi connectivity index (χ2n) is 4.93. The summed E-state index contributed by atoms with van der Waals surface area (Å²) in [5.74, 6) is -1.60. The van der Waals surface area contributed by atoms with Crippen molar-refractivity contribution in [3.05, 3.63) is 46.2 Å². The topological polar surface area (TPSA) is 15.3 Å². The van der Waals surface area contributed by atoms with Crippen molar-refractivity contribution in [1.82, 2.24) is 0 Å². The molecule has 1 aromatic heterocycles. The number of rotatable bonds is 3. The lowest BCUT2D eigenvalue weighted by molar-refractivity contribution is 0.504. The largest absolute Gasteiger partial charge is 0.381 e. The summed E-state index contributed by atoms with van der Waals surface area (Å²) in [6, 6.07) is 6.91. The highest BCUT2D eigenvalue weighted by molar-refractivity contribution is 7.09. The van der Waals surface area contributed by atoms with Crippen LogP contribution in [0.2, 0.25) is 0 Å². The van der Waals surface area contributed by atoms with E-state index >= 15 is 0 Å². The highest BCUT2D eigenvalue weighted by atomic mass is 32.1. The molecule has 0 saturated carbocycles. The Balaban J connectivity index is 1.99. The van der Waals surface area contributed by atoms with Crippen LogP contribution in [-0.2, 0) is 6.54 Å². The molecule has 1 aliphatic heterocycles. The van der Waals surface area contributed by atoms with E-state index in [0.717, 1.165) is 25.2 Å². The number of thiophene rings is 1. The number of hydrogen-bond acceptors (Lipinski definition) is 3. The van der Waals surface area contributed by atoms with E-state index in [1.807, 2.05) is 11.4 Å². The highest BCUT2D eigenvalue weighted by Crippen LogP contribution is 2.35. The lowest BCUT2D eigenvalue weighted by Crippen LogP contribution is -2.43. The summed E-state index contributed by atoms with van der Waals surface area (Å²) in [6.45, 7) is 3.59. The molecule has 0 fully saturated rings. The summed E-state index contributed by atoms with van der Waals surface area (Å²) in [6.07, 6.45) is 0.955. The van der Waals surface area contributed by atoms with Gasteiger partial charge in [0.15, 0.2) is 11.6 Å². The molecule has 2 aromatic rings. The van der Waals surface area contributed by atoms with Gasteiger partial charge in [-0.3, -0.25) is 0 Å². The van der Waals surface area contributed by atoms with Crippen LogP contribution in [0.15, 0.2) is 29.6 Å². The van der Waals surface area contributed by atoms with Crippen molar-refractivity contribution >= 4 is 22.7 Å². The molecule has 0 radical (unpaired) electrons. The van der Waals surface area contributed by atoms with Gasteiger partial charge in [0.2, 0.25) is 0 Å². The van der Waals surface area contributed by atoms with Crippen LogP contribution in [0.3, 0.4) is 0 Å². The Bertz CT molecular complexity index is 598. The van der Waals surface area contributed by atoms with E-state index in [0.29, 0.717) is 5.69 Å². The van der Waals surface area contributed by atoms with Crippen LogP contribution in [0.4, 0.5) is 20.2 Å². The molecule has 1 N–H and O–H groups in total. The van der Waals surface area contributed by atoms with E-state index in [1.54, 1.807) is 11.3 Å². The Labute approximate surface area is 121 Å². The first-order valence-electron chi connectivity index (χ1n) is 6.71. The summed E-state index contributed by atoms with van der Waals surface area (Å²) < 4.78 is 26.9. The zero-order chi connectivity index (χ0) is 14.1. The van der Waals surface area contributed by atoms with Crippen LogP contribution >= 0.6 is 11.3 Å². The minimum atomic E-state index is -0.803. The van der Waals surface area contributed by atoms with Gasteiger partial charge in [0, 0.05) is 29.6 Å². The summed E-state index contributed by atoms with van der Waals surface area (Å²) >= 11 is 1.68. The number of nitrogens with one attached hydrogen (secondary N) is 1. The van der Waals surface area contributed by atoms with Crippen LogP contribution < -0.4 is 10.2 Å². The molecule has 1 atom stereocenters. The number of nitrogens with zero attached hydrogens (tertiary/aromatic N) is 1. The zero-order valence-corrected chi connectivity index (χ0v) is 12.0. The van der Waals surface area contributed by atoms with Gasteiger partial charge in [-0.15, -0.1) is 11.3 Å². The monoisotopic (exact) mass is 294 g/mol. The third-order valence-electron chi connectivity index (χ3n) is 3.69. The SMILES string of the molecule is CCC1CNc2cc(F)c(F)cc2N1Cc1cccs1. The Hall–Kier alpha value is -1.62. The average Bonchev–Trinajstić information content (AvgIpc) is 2.94. The minimum absolute atomic E-state index is 0.287. The zero-order valence-electron chi connectivity index (χ0n) is 11.2. The molecule has 1 aromatic carbocycles. The lowest BCUT2D eigenvalue weighted by atomic mass is 10.1. The quantitative estimate of drug-likeness (QED) is 0.911. The van der Waals surface area contributed by atoms with E-state index in [-0.39, 0.29) is 6.04 Å². The molecule has 0 amide bonds. The molecule has 1 unspecified atom stereocenters. The van der Waals surface area contributed by atoms with Crippen molar-refractivity contribution in [1.29, 1.82) is 0 Å². The molecule has 106 valence electrons. The van der Waals surface area contributed by atoms with Gasteiger partial charge in [-0.1, -0.05) is 13.0 Å². The van der Waals surface area contributed by atoms with Crippen LogP contribution in [0.1, 0.15) is 18.2 Å². The molecule has 3 rings (SSSR count). The van der Waals surface area contributed by atoms with Gasteiger partial charge in [0.1, 0.15) is 0 Å². The Morgan fingerprint density at radius 1 is 1.35 bits per heavy atom. The smallest absolute Gasteiger partial charge is 0.161 e. The first-order valence-corrected chi connectivity index (χ1v) is 7.59. The summed E-state index contributed by atoms with van der Waals surface area (Å²) in [5, 5.41) is 5.23. The Morgan fingerprint density at radius 2 is 2.15 bits per heavy atom. The number of fused-ring (bicyclic) bond motifs is 1. The molecule has 0 aliphatic carbocycles. The van der Waals surface area contributed by atoms with Crippen molar-refractivity contribution in [2.24, 2.45) is 0 Å². The van der Waals surface area contributed by atoms with E-state index in [4.69, 9.17) is 0 Å². The van der Waals surface area contributed by atoms with Gasteiger partial charge in [-0.25, -0.2) is 8.78 Å². The normalized spacial score (nSPS) is 17.8. The fraction of sp³-hybridized carbons (Fsp3) is 0.333. The molecule has 0 saturated heterocycles. The van der Waals surface area contributed by atoms with Gasteiger partial charge in [0.05, 0.1) is 17.9 Å². The van der Waals surface area contributed by atoms with Gasteiger partial charge >= 0.3 is 0 Å². The van der Waals surface area contributed by atoms with Crippen molar-refractivity contribution < 1.29 is 8.78 Å². The summed E-state index contributed by atoms with van der Waals surface area (Å²) in [4.78, 5) is 3.39. The molecule has 0 spiro atoms. The van der Waals surface area contributed by atoms with E-state index in [9.17, 15) is 8.78 Å². The van der Waals surface area contributed by atoms with Crippen molar-refractivity contribution in [2.75, 3.05) is 16.8 Å². The fourth-order valence-corrected chi connectivity index (χ4v) is 3.30. The van der Waals surface area contributed by atoms with Crippen LogP contribution in [0.25, 0.3) is 0 Å².